The van der Waals surface area contributed by atoms with Gasteiger partial charge in [0.25, 0.3) is 0 Å². The zero-order valence-electron chi connectivity index (χ0n) is 21.7. The van der Waals surface area contributed by atoms with Crippen LogP contribution in [0, 0.1) is 22.7 Å². The van der Waals surface area contributed by atoms with Crippen LogP contribution in [0.15, 0.2) is 53.8 Å². The number of thioether (sulfide) groups is 1. The topological polar surface area (TPSA) is 189 Å². The van der Waals surface area contributed by atoms with Gasteiger partial charge in [-0.25, -0.2) is 19.6 Å². The number of carbonyl (C=O) groups is 2. The van der Waals surface area contributed by atoms with Crippen molar-refractivity contribution >= 4 is 35.2 Å². The molecule has 0 fully saturated rings. The Morgan fingerprint density at radius 1 is 0.932 bits per heavy atom. The van der Waals surface area contributed by atoms with E-state index in [0.717, 1.165) is 27.4 Å². The number of hydrogen-bond acceptors (Lipinski definition) is 9. The number of nitrogens with zero attached hydrogens (tertiary/aromatic N) is 5. The van der Waals surface area contributed by atoms with Crippen LogP contribution in [-0.2, 0) is 9.59 Å². The van der Waals surface area contributed by atoms with Crippen molar-refractivity contribution in [1.82, 2.24) is 19.9 Å². The number of pyridine rings is 2. The Morgan fingerprint density at radius 3 is 2.00 bits per heavy atom. The first-order valence-electron chi connectivity index (χ1n) is 11.5. The maximum absolute atomic E-state index is 10.6. The van der Waals surface area contributed by atoms with Gasteiger partial charge in [-0.2, -0.15) is 36.9 Å². The molecule has 44 heavy (non-hydrogen) atoms. The number of fused-ring (bicyclic) bond motifs is 5. The van der Waals surface area contributed by atoms with E-state index in [9.17, 15) is 36.9 Å². The predicted octanol–water partition coefficient (Wildman–Crippen LogP) is 5.99. The number of anilines is 2. The summed E-state index contributed by atoms with van der Waals surface area (Å²) in [7, 11) is 0. The number of aliphatic carboxylic acids is 2. The predicted molar refractivity (Wildman–Crippen MR) is 142 cm³/mol. The number of nitriles is 2. The summed E-state index contributed by atoms with van der Waals surface area (Å²) in [6.07, 6.45) is -3.10. The third kappa shape index (κ3) is 7.41. The summed E-state index contributed by atoms with van der Waals surface area (Å²) in [6, 6.07) is 13.7. The van der Waals surface area contributed by atoms with Crippen molar-refractivity contribution in [1.29, 1.82) is 10.5 Å². The molecular formula is C26H15F6N7O4S. The summed E-state index contributed by atoms with van der Waals surface area (Å²) in [4.78, 5) is 35.5. The highest BCUT2D eigenvalue weighted by atomic mass is 32.2. The quantitative estimate of drug-likeness (QED) is 0.132. The Labute approximate surface area is 246 Å². The first-order chi connectivity index (χ1) is 20.6. The number of nitrogens with one attached hydrogen (secondary N) is 2. The van der Waals surface area contributed by atoms with Gasteiger partial charge in [-0.05, 0) is 36.6 Å². The molecule has 3 aromatic heterocycles. The molecule has 4 aromatic rings. The molecule has 0 unspecified atom stereocenters. The molecule has 0 bridgehead atoms. The third-order valence-corrected chi connectivity index (χ3v) is 6.13. The number of alkyl halides is 6. The Hall–Kier alpha value is -5.62. The highest BCUT2D eigenvalue weighted by Crippen LogP contribution is 2.43. The summed E-state index contributed by atoms with van der Waals surface area (Å²) >= 11 is 1.49. The van der Waals surface area contributed by atoms with Gasteiger partial charge in [0.1, 0.15) is 17.3 Å². The number of aromatic nitrogens is 4. The van der Waals surface area contributed by atoms with Crippen LogP contribution in [0.5, 0.6) is 0 Å². The fourth-order valence-corrected chi connectivity index (χ4v) is 4.05. The average molecular weight is 636 g/mol. The lowest BCUT2D eigenvalue weighted by Gasteiger charge is -2.09. The molecule has 226 valence electrons. The van der Waals surface area contributed by atoms with Crippen molar-refractivity contribution in [3.05, 3.63) is 60.0 Å². The number of carboxylic acid groups (broad SMARTS) is 2. The molecule has 18 heteroatoms. The van der Waals surface area contributed by atoms with Gasteiger partial charge in [-0.15, -0.1) is 11.8 Å². The summed E-state index contributed by atoms with van der Waals surface area (Å²) in [5.74, 6) is -4.37. The number of imidazole rings is 1. The lowest BCUT2D eigenvalue weighted by molar-refractivity contribution is -0.193. The molecule has 1 aromatic carbocycles. The smallest absolute Gasteiger partial charge is 0.475 e. The lowest BCUT2D eigenvalue weighted by atomic mass is 10.0. The highest BCUT2D eigenvalue weighted by Gasteiger charge is 2.39. The van der Waals surface area contributed by atoms with Gasteiger partial charge in [0.2, 0.25) is 0 Å². The van der Waals surface area contributed by atoms with Gasteiger partial charge in [-0.3, -0.25) is 4.98 Å². The van der Waals surface area contributed by atoms with Gasteiger partial charge in [0, 0.05) is 28.4 Å². The van der Waals surface area contributed by atoms with E-state index in [-0.39, 0.29) is 0 Å². The van der Waals surface area contributed by atoms with E-state index in [1.54, 1.807) is 30.7 Å². The number of benzene rings is 1. The Morgan fingerprint density at radius 2 is 1.50 bits per heavy atom. The van der Waals surface area contributed by atoms with E-state index < -0.39 is 24.3 Å². The molecule has 0 spiro atoms. The van der Waals surface area contributed by atoms with Gasteiger partial charge in [-0.1, -0.05) is 0 Å². The average Bonchev–Trinajstić information content (AvgIpc) is 3.36. The molecule has 0 radical (unpaired) electrons. The van der Waals surface area contributed by atoms with E-state index in [1.807, 2.05) is 24.5 Å². The summed E-state index contributed by atoms with van der Waals surface area (Å²) in [5, 5.41) is 37.1. The minimum atomic E-state index is -5.08. The van der Waals surface area contributed by atoms with Crippen LogP contribution in [-0.4, -0.2) is 60.7 Å². The normalized spacial score (nSPS) is 11.2. The largest absolute Gasteiger partial charge is 0.490 e. The van der Waals surface area contributed by atoms with Crippen molar-refractivity contribution < 1.29 is 46.1 Å². The van der Waals surface area contributed by atoms with Crippen molar-refractivity contribution in [3.8, 4) is 46.0 Å². The molecule has 0 amide bonds. The molecule has 5 rings (SSSR count). The van der Waals surface area contributed by atoms with E-state index >= 15 is 0 Å². The highest BCUT2D eigenvalue weighted by molar-refractivity contribution is 7.98. The van der Waals surface area contributed by atoms with Crippen molar-refractivity contribution in [2.75, 3.05) is 11.6 Å². The molecule has 1 aliphatic rings. The molecule has 1 aliphatic heterocycles. The fraction of sp³-hybridized carbons (Fsp3) is 0.115. The minimum absolute atomic E-state index is 0.404. The SMILES string of the molecule is CSc1cc(C#N)c(-c2nc3c([nH]2)-c2ccncc2Nc2ncccc2-3)c(C#N)c1.O=C(O)C(F)(F)F.O=C(O)C(F)(F)F. The van der Waals surface area contributed by atoms with Crippen LogP contribution < -0.4 is 5.32 Å². The Bertz CT molecular complexity index is 1690. The summed E-state index contributed by atoms with van der Waals surface area (Å²) in [5.41, 5.74) is 5.29. The molecule has 4 heterocycles. The molecular weight excluding hydrogens is 620 g/mol. The first-order valence-corrected chi connectivity index (χ1v) is 12.7. The molecule has 0 atom stereocenters. The van der Waals surface area contributed by atoms with Crippen molar-refractivity contribution in [2.24, 2.45) is 0 Å². The van der Waals surface area contributed by atoms with Crippen LogP contribution in [0.2, 0.25) is 0 Å². The zero-order valence-corrected chi connectivity index (χ0v) is 22.6. The number of rotatable bonds is 2. The van der Waals surface area contributed by atoms with Crippen LogP contribution in [0.3, 0.4) is 0 Å². The molecule has 0 aliphatic carbocycles. The second-order valence-electron chi connectivity index (χ2n) is 8.18. The van der Waals surface area contributed by atoms with Gasteiger partial charge >= 0.3 is 24.3 Å². The van der Waals surface area contributed by atoms with Crippen LogP contribution >= 0.6 is 11.8 Å². The maximum atomic E-state index is 10.6. The lowest BCUT2D eigenvalue weighted by Crippen LogP contribution is -2.21. The molecule has 11 nitrogen and oxygen atoms in total. The molecule has 0 saturated heterocycles. The van der Waals surface area contributed by atoms with Crippen LogP contribution in [0.4, 0.5) is 37.8 Å². The van der Waals surface area contributed by atoms with Gasteiger partial charge in [0.15, 0.2) is 0 Å². The minimum Gasteiger partial charge on any atom is -0.475 e. The summed E-state index contributed by atoms with van der Waals surface area (Å²) in [6.45, 7) is 0. The first kappa shape index (κ1) is 32.9. The van der Waals surface area contributed by atoms with Crippen LogP contribution in [0.25, 0.3) is 33.9 Å². The van der Waals surface area contributed by atoms with Gasteiger partial charge in [0.05, 0.1) is 46.4 Å². The van der Waals surface area contributed by atoms with E-state index in [0.29, 0.717) is 34.0 Å². The third-order valence-electron chi connectivity index (χ3n) is 5.42. The van der Waals surface area contributed by atoms with Crippen molar-refractivity contribution in [2.45, 2.75) is 17.2 Å². The van der Waals surface area contributed by atoms with E-state index in [4.69, 9.17) is 24.8 Å². The number of hydrogen-bond donors (Lipinski definition) is 4. The zero-order chi connectivity index (χ0) is 32.8. The summed E-state index contributed by atoms with van der Waals surface area (Å²) < 4.78 is 63.5. The van der Waals surface area contributed by atoms with Crippen LogP contribution in [0.1, 0.15) is 11.1 Å². The maximum Gasteiger partial charge on any atom is 0.490 e. The van der Waals surface area contributed by atoms with E-state index in [1.165, 1.54) is 11.8 Å². The van der Waals surface area contributed by atoms with E-state index in [2.05, 4.69) is 32.4 Å². The Balaban J connectivity index is 0.000000317. The monoisotopic (exact) mass is 635 g/mol. The number of carboxylic acids is 2. The number of halogens is 6. The van der Waals surface area contributed by atoms with Gasteiger partial charge < -0.3 is 20.5 Å². The number of H-pyrrole nitrogens is 1. The second-order valence-corrected chi connectivity index (χ2v) is 9.06. The standard InChI is InChI=1S/C22H13N7S.2C2HF3O2/c1-30-14-7-12(9-23)18(13(8-14)10-24)22-28-19-15-4-6-25-11-17(15)27-21-16(20(19)29-22)3-2-5-26-21;2*3-2(4,5)1(6)7/h2-8,11H,1H3,(H,26,27)(H,28,29);2*(H,6,7). The molecule has 4 N–H and O–H groups in total. The second kappa shape index (κ2) is 13.1. The number of aromatic amines is 1. The molecule has 0 saturated carbocycles. The van der Waals surface area contributed by atoms with Crippen molar-refractivity contribution in [3.63, 3.8) is 0 Å². The Kier molecular flexibility index (Phi) is 9.82. The fourth-order valence-electron chi connectivity index (χ4n) is 3.58.